The average molecular weight is 519 g/mol. The molecular formula is C26H38N4O5S. The molecule has 36 heavy (non-hydrogen) atoms. The Bertz CT molecular complexity index is 909. The van der Waals surface area contributed by atoms with E-state index in [1.165, 1.54) is 6.92 Å². The third-order valence-corrected chi connectivity index (χ3v) is 6.78. The molecule has 0 spiro atoms. The maximum atomic E-state index is 13.3. The summed E-state index contributed by atoms with van der Waals surface area (Å²) in [6.07, 6.45) is 3.00. The number of hydrogen-bond donors (Lipinski definition) is 4. The Morgan fingerprint density at radius 3 is 2.39 bits per heavy atom. The number of rotatable bonds is 5. The van der Waals surface area contributed by atoms with Crippen LogP contribution in [-0.4, -0.2) is 59.2 Å². The number of hydrogen-bond acceptors (Lipinski definition) is 6. The summed E-state index contributed by atoms with van der Waals surface area (Å²) in [5.74, 6) is -1.17. The summed E-state index contributed by atoms with van der Waals surface area (Å²) >= 11 is 0.899. The molecule has 1 aliphatic heterocycles. The van der Waals surface area contributed by atoms with E-state index in [1.54, 1.807) is 0 Å². The summed E-state index contributed by atoms with van der Waals surface area (Å²) in [6, 6.07) is 6.81. The van der Waals surface area contributed by atoms with Crippen molar-refractivity contribution in [2.45, 2.75) is 77.4 Å². The topological polar surface area (TPSA) is 133 Å². The van der Waals surface area contributed by atoms with Crippen LogP contribution in [0.25, 0.3) is 0 Å². The molecule has 1 heterocycles. The first-order valence-electron chi connectivity index (χ1n) is 12.5. The molecule has 0 aromatic heterocycles. The first-order valence-corrected chi connectivity index (χ1v) is 13.5. The lowest BCUT2D eigenvalue weighted by Crippen LogP contribution is -2.52. The lowest BCUT2D eigenvalue weighted by atomic mass is 10.0. The van der Waals surface area contributed by atoms with Crippen LogP contribution in [0.1, 0.15) is 58.4 Å². The fourth-order valence-corrected chi connectivity index (χ4v) is 4.81. The molecule has 0 unspecified atom stereocenters. The van der Waals surface area contributed by atoms with Crippen LogP contribution in [0.15, 0.2) is 30.3 Å². The summed E-state index contributed by atoms with van der Waals surface area (Å²) in [4.78, 5) is 63.3. The second-order valence-corrected chi connectivity index (χ2v) is 10.5. The minimum absolute atomic E-state index is 0.0393. The summed E-state index contributed by atoms with van der Waals surface area (Å²) in [7, 11) is 0. The van der Waals surface area contributed by atoms with Crippen molar-refractivity contribution in [3.63, 3.8) is 0 Å². The van der Waals surface area contributed by atoms with Gasteiger partial charge in [0, 0.05) is 32.1 Å². The Kier molecular flexibility index (Phi) is 12.5. The van der Waals surface area contributed by atoms with E-state index in [9.17, 15) is 24.0 Å². The summed E-state index contributed by atoms with van der Waals surface area (Å²) in [6.45, 7) is 5.66. The summed E-state index contributed by atoms with van der Waals surface area (Å²) < 4.78 is 0. The molecule has 0 aliphatic carbocycles. The van der Waals surface area contributed by atoms with Crippen molar-refractivity contribution >= 4 is 40.5 Å². The van der Waals surface area contributed by atoms with E-state index in [2.05, 4.69) is 21.3 Å². The van der Waals surface area contributed by atoms with E-state index in [0.717, 1.165) is 23.7 Å². The first kappa shape index (κ1) is 29.4. The molecule has 1 saturated heterocycles. The number of thioether (sulfide) groups is 1. The highest BCUT2D eigenvalue weighted by atomic mass is 32.2. The predicted octanol–water partition coefficient (Wildman–Crippen LogP) is 1.70. The van der Waals surface area contributed by atoms with Crippen molar-refractivity contribution in [1.82, 2.24) is 21.3 Å². The van der Waals surface area contributed by atoms with Crippen molar-refractivity contribution in [2.24, 2.45) is 5.92 Å². The fourth-order valence-electron chi connectivity index (χ4n) is 3.90. The number of benzene rings is 1. The number of nitrogens with one attached hydrogen (secondary N) is 4. The smallest absolute Gasteiger partial charge is 0.243 e. The van der Waals surface area contributed by atoms with Gasteiger partial charge in [-0.3, -0.25) is 24.0 Å². The van der Waals surface area contributed by atoms with Gasteiger partial charge in [0.1, 0.15) is 18.1 Å². The number of carbonyl (C=O) groups is 5. The van der Waals surface area contributed by atoms with E-state index >= 15 is 0 Å². The van der Waals surface area contributed by atoms with Gasteiger partial charge >= 0.3 is 0 Å². The van der Waals surface area contributed by atoms with Crippen LogP contribution < -0.4 is 21.3 Å². The fraction of sp³-hybridized carbons (Fsp3) is 0.577. The molecule has 0 bridgehead atoms. The highest BCUT2D eigenvalue weighted by Gasteiger charge is 2.29. The lowest BCUT2D eigenvalue weighted by molar-refractivity contribution is -0.130. The van der Waals surface area contributed by atoms with Gasteiger partial charge in [-0.05, 0) is 30.7 Å². The molecule has 0 saturated carbocycles. The van der Waals surface area contributed by atoms with E-state index < -0.39 is 24.0 Å². The van der Waals surface area contributed by atoms with E-state index in [1.807, 2.05) is 44.2 Å². The van der Waals surface area contributed by atoms with Crippen LogP contribution >= 0.6 is 11.8 Å². The average Bonchev–Trinajstić information content (AvgIpc) is 2.82. The monoisotopic (exact) mass is 518 g/mol. The molecule has 1 aromatic carbocycles. The van der Waals surface area contributed by atoms with Crippen LogP contribution in [0, 0.1) is 5.92 Å². The van der Waals surface area contributed by atoms with Crippen molar-refractivity contribution in [2.75, 3.05) is 12.3 Å². The van der Waals surface area contributed by atoms with Gasteiger partial charge in [0.05, 0.1) is 0 Å². The lowest BCUT2D eigenvalue weighted by Gasteiger charge is -2.24. The Morgan fingerprint density at radius 2 is 1.72 bits per heavy atom. The van der Waals surface area contributed by atoms with E-state index in [4.69, 9.17) is 0 Å². The second-order valence-electron chi connectivity index (χ2n) is 9.49. The molecule has 3 atom stereocenters. The molecule has 2 rings (SSSR count). The zero-order valence-corrected chi connectivity index (χ0v) is 22.1. The van der Waals surface area contributed by atoms with Crippen LogP contribution in [0.2, 0.25) is 0 Å². The molecule has 1 aliphatic rings. The molecule has 198 valence electrons. The zero-order chi connectivity index (χ0) is 26.5. The molecule has 4 amide bonds. The molecule has 1 aromatic rings. The van der Waals surface area contributed by atoms with E-state index in [0.29, 0.717) is 25.8 Å². The Morgan fingerprint density at radius 1 is 1.00 bits per heavy atom. The highest BCUT2D eigenvalue weighted by molar-refractivity contribution is 8.13. The number of carbonyl (C=O) groups excluding carboxylic acids is 5. The number of amides is 4. The Labute approximate surface area is 217 Å². The normalized spacial score (nSPS) is 23.3. The van der Waals surface area contributed by atoms with Crippen molar-refractivity contribution < 1.29 is 24.0 Å². The molecule has 1 fully saturated rings. The van der Waals surface area contributed by atoms with Gasteiger partial charge in [-0.25, -0.2) is 0 Å². The minimum Gasteiger partial charge on any atom is -0.354 e. The standard InChI is InChI=1S/C26H38N4O5S/c1-17(2)14-20-25(34)30-21(15-19-10-6-4-7-11-19)26(35)36-16-22(28-18(3)31)24(33)27-13-9-5-8-12-23(32)29-20/h4,6-7,10-11,17,20-22H,5,8-9,12-16H2,1-3H3,(H,27,33)(H,28,31)(H,29,32)(H,30,34)/t20-,21-,22-/m0/s1. The maximum Gasteiger partial charge on any atom is 0.243 e. The Balaban J connectivity index is 2.29. The molecule has 10 heteroatoms. The van der Waals surface area contributed by atoms with Gasteiger partial charge in [-0.1, -0.05) is 62.4 Å². The third kappa shape index (κ3) is 10.8. The van der Waals surface area contributed by atoms with Crippen LogP contribution in [-0.2, 0) is 30.4 Å². The van der Waals surface area contributed by atoms with Crippen molar-refractivity contribution in [3.05, 3.63) is 35.9 Å². The Hall–Kier alpha value is -2.88. The molecule has 4 N–H and O–H groups in total. The first-order chi connectivity index (χ1) is 17.2. The van der Waals surface area contributed by atoms with Crippen molar-refractivity contribution in [1.29, 1.82) is 0 Å². The molecule has 9 nitrogen and oxygen atoms in total. The zero-order valence-electron chi connectivity index (χ0n) is 21.3. The molecular weight excluding hydrogens is 480 g/mol. The van der Waals surface area contributed by atoms with Crippen LogP contribution in [0.4, 0.5) is 0 Å². The predicted molar refractivity (Wildman–Crippen MR) is 140 cm³/mol. The van der Waals surface area contributed by atoms with Gasteiger partial charge in [0.15, 0.2) is 0 Å². The largest absolute Gasteiger partial charge is 0.354 e. The van der Waals surface area contributed by atoms with Gasteiger partial charge < -0.3 is 21.3 Å². The minimum atomic E-state index is -0.878. The molecule has 0 radical (unpaired) electrons. The van der Waals surface area contributed by atoms with Gasteiger partial charge in [0.2, 0.25) is 28.7 Å². The van der Waals surface area contributed by atoms with E-state index in [-0.39, 0.29) is 47.3 Å². The summed E-state index contributed by atoms with van der Waals surface area (Å²) in [5, 5.41) is 10.8. The van der Waals surface area contributed by atoms with Gasteiger partial charge in [-0.2, -0.15) is 0 Å². The van der Waals surface area contributed by atoms with Gasteiger partial charge in [-0.15, -0.1) is 0 Å². The van der Waals surface area contributed by atoms with Gasteiger partial charge in [0.25, 0.3) is 0 Å². The second kappa shape index (κ2) is 15.3. The van der Waals surface area contributed by atoms with Crippen LogP contribution in [0.3, 0.4) is 0 Å². The SMILES string of the molecule is CC(=O)N[C@H]1CSC(=O)[C@H](Cc2ccccc2)NC(=O)[C@H](CC(C)C)NC(=O)CCCCCNC1=O. The highest BCUT2D eigenvalue weighted by Crippen LogP contribution is 2.15. The quantitative estimate of drug-likeness (QED) is 0.469. The maximum absolute atomic E-state index is 13.3. The van der Waals surface area contributed by atoms with Crippen molar-refractivity contribution in [3.8, 4) is 0 Å². The third-order valence-electron chi connectivity index (χ3n) is 5.71. The summed E-state index contributed by atoms with van der Waals surface area (Å²) in [5.41, 5.74) is 0.864. The van der Waals surface area contributed by atoms with Crippen LogP contribution in [0.5, 0.6) is 0 Å².